The summed E-state index contributed by atoms with van der Waals surface area (Å²) in [6, 6.07) is 0.501. The second-order valence-corrected chi connectivity index (χ2v) is 25.7. The Balaban J connectivity index is 5.81. The van der Waals surface area contributed by atoms with Crippen molar-refractivity contribution >= 4 is 39.7 Å². The molecule has 136 valence electrons. The van der Waals surface area contributed by atoms with Gasteiger partial charge in [0.1, 0.15) is 0 Å². The topological polar surface area (TPSA) is 70.8 Å². The van der Waals surface area contributed by atoms with Crippen molar-refractivity contribution in [3.05, 3.63) is 11.6 Å². The van der Waals surface area contributed by atoms with Gasteiger partial charge >= 0.3 is 8.80 Å². The molecular formula is C14H35NO4Si4. The molecule has 5 nitrogen and oxygen atoms in total. The first-order chi connectivity index (χ1) is 9.95. The summed E-state index contributed by atoms with van der Waals surface area (Å²) in [6.07, 6.45) is 1.83. The predicted molar refractivity (Wildman–Crippen MR) is 107 cm³/mol. The fourth-order valence-corrected chi connectivity index (χ4v) is 16.3. The molecule has 0 spiro atoms. The lowest BCUT2D eigenvalue weighted by molar-refractivity contribution is -0.114. The molecule has 0 atom stereocenters. The third kappa shape index (κ3) is 11.2. The van der Waals surface area contributed by atoms with E-state index in [1.54, 1.807) is 6.92 Å². The molecule has 0 aromatic carbocycles. The van der Waals surface area contributed by atoms with Crippen LogP contribution in [-0.2, 0) is 17.1 Å². The summed E-state index contributed by atoms with van der Waals surface area (Å²) in [7, 11) is -8.55. The van der Waals surface area contributed by atoms with E-state index in [9.17, 15) is 4.79 Å². The second kappa shape index (κ2) is 7.89. The summed E-state index contributed by atoms with van der Waals surface area (Å²) >= 11 is 0. The highest BCUT2D eigenvalue weighted by Gasteiger charge is 2.49. The molecule has 1 amide bonds. The zero-order valence-corrected chi connectivity index (χ0v) is 20.5. The van der Waals surface area contributed by atoms with Crippen LogP contribution in [0.5, 0.6) is 0 Å². The standard InChI is InChI=1S/C14H35NO4Si4/c1-13(14(15)16)11-12-23(17-20(2,3)4,18-21(5,6)7)19-22(8,9)10/h11H,12H2,1-10H3,(H2,15,16)/b13-11+. The molecule has 0 saturated heterocycles. The first kappa shape index (κ1) is 23.0. The Labute approximate surface area is 146 Å². The summed E-state index contributed by atoms with van der Waals surface area (Å²) in [5.41, 5.74) is 5.89. The highest BCUT2D eigenvalue weighted by atomic mass is 28.5. The van der Waals surface area contributed by atoms with Crippen molar-refractivity contribution in [1.82, 2.24) is 0 Å². The van der Waals surface area contributed by atoms with E-state index in [0.717, 1.165) is 0 Å². The maximum atomic E-state index is 11.3. The van der Waals surface area contributed by atoms with Gasteiger partial charge in [0, 0.05) is 11.6 Å². The van der Waals surface area contributed by atoms with Gasteiger partial charge in [0.15, 0.2) is 25.0 Å². The number of rotatable bonds is 9. The van der Waals surface area contributed by atoms with E-state index in [2.05, 4.69) is 58.9 Å². The quantitative estimate of drug-likeness (QED) is 0.476. The van der Waals surface area contributed by atoms with Crippen molar-refractivity contribution in [3.8, 4) is 0 Å². The summed E-state index contributed by atoms with van der Waals surface area (Å²) in [4.78, 5) is 11.3. The van der Waals surface area contributed by atoms with Gasteiger partial charge in [-0.3, -0.25) is 4.79 Å². The van der Waals surface area contributed by atoms with E-state index < -0.39 is 39.7 Å². The minimum absolute atomic E-state index is 0.415. The van der Waals surface area contributed by atoms with Crippen molar-refractivity contribution in [2.75, 3.05) is 0 Å². The van der Waals surface area contributed by atoms with Gasteiger partial charge in [-0.05, 0) is 65.8 Å². The fourth-order valence-electron chi connectivity index (χ4n) is 1.97. The maximum Gasteiger partial charge on any atom is 0.473 e. The fraction of sp³-hybridized carbons (Fsp3) is 0.786. The Kier molecular flexibility index (Phi) is 7.88. The molecule has 0 aliphatic rings. The number of nitrogens with two attached hydrogens (primary N) is 1. The van der Waals surface area contributed by atoms with Gasteiger partial charge < -0.3 is 18.1 Å². The van der Waals surface area contributed by atoms with Crippen molar-refractivity contribution in [2.45, 2.75) is 71.9 Å². The van der Waals surface area contributed by atoms with Crippen LogP contribution in [0.4, 0.5) is 0 Å². The molecular weight excluding hydrogens is 359 g/mol. The number of primary amides is 1. The third-order valence-electron chi connectivity index (χ3n) is 2.43. The monoisotopic (exact) mass is 393 g/mol. The molecule has 0 saturated carbocycles. The van der Waals surface area contributed by atoms with Crippen molar-refractivity contribution in [3.63, 3.8) is 0 Å². The van der Waals surface area contributed by atoms with Crippen molar-refractivity contribution in [1.29, 1.82) is 0 Å². The highest BCUT2D eigenvalue weighted by molar-refractivity contribution is 6.90. The van der Waals surface area contributed by atoms with E-state index in [0.29, 0.717) is 11.6 Å². The van der Waals surface area contributed by atoms with Gasteiger partial charge in [0.25, 0.3) is 0 Å². The van der Waals surface area contributed by atoms with Crippen molar-refractivity contribution < 1.29 is 17.1 Å². The zero-order valence-electron chi connectivity index (χ0n) is 16.5. The van der Waals surface area contributed by atoms with E-state index >= 15 is 0 Å². The summed E-state index contributed by atoms with van der Waals surface area (Å²) in [5, 5.41) is 0. The smallest absolute Gasteiger partial charge is 0.417 e. The summed E-state index contributed by atoms with van der Waals surface area (Å²) < 4.78 is 19.5. The highest BCUT2D eigenvalue weighted by Crippen LogP contribution is 2.29. The van der Waals surface area contributed by atoms with E-state index in [-0.39, 0.29) is 0 Å². The van der Waals surface area contributed by atoms with Crippen LogP contribution in [0.15, 0.2) is 11.6 Å². The Hall–Kier alpha value is -0.0425. The van der Waals surface area contributed by atoms with Crippen LogP contribution < -0.4 is 5.73 Å². The largest absolute Gasteiger partial charge is 0.473 e. The molecule has 9 heteroatoms. The van der Waals surface area contributed by atoms with Crippen LogP contribution in [0.2, 0.25) is 65.0 Å². The maximum absolute atomic E-state index is 11.3. The van der Waals surface area contributed by atoms with E-state index in [4.69, 9.17) is 18.1 Å². The number of allylic oxidation sites excluding steroid dienone is 1. The number of carbonyl (C=O) groups is 1. The first-order valence-electron chi connectivity index (χ1n) is 8.02. The SMILES string of the molecule is C/C(=C\C[Si](O[Si](C)(C)C)(O[Si](C)(C)C)O[Si](C)(C)C)C(N)=O. The molecule has 0 aliphatic carbocycles. The second-order valence-electron chi connectivity index (χ2n) is 8.78. The van der Waals surface area contributed by atoms with Crippen molar-refractivity contribution in [2.24, 2.45) is 5.73 Å². The molecule has 23 heavy (non-hydrogen) atoms. The van der Waals surface area contributed by atoms with Gasteiger partial charge in [-0.1, -0.05) is 6.08 Å². The van der Waals surface area contributed by atoms with E-state index in [1.807, 2.05) is 6.08 Å². The predicted octanol–water partition coefficient (Wildman–Crippen LogP) is 3.91. The minimum atomic E-state index is -2.91. The molecule has 0 fully saturated rings. The van der Waals surface area contributed by atoms with Crippen LogP contribution in [0.1, 0.15) is 6.92 Å². The van der Waals surface area contributed by atoms with E-state index in [1.165, 1.54) is 0 Å². The number of hydrogen-bond donors (Lipinski definition) is 1. The number of carbonyl (C=O) groups excluding carboxylic acids is 1. The van der Waals surface area contributed by atoms with Crippen LogP contribution in [0, 0.1) is 0 Å². The normalized spacial score (nSPS) is 15.0. The van der Waals surface area contributed by atoms with Crippen LogP contribution in [0.25, 0.3) is 0 Å². The van der Waals surface area contributed by atoms with Crippen LogP contribution in [-0.4, -0.2) is 39.7 Å². The molecule has 0 heterocycles. The van der Waals surface area contributed by atoms with Crippen LogP contribution in [0.3, 0.4) is 0 Å². The number of amides is 1. The molecule has 2 N–H and O–H groups in total. The molecule has 0 aromatic heterocycles. The Morgan fingerprint density at radius 3 is 1.35 bits per heavy atom. The van der Waals surface area contributed by atoms with Gasteiger partial charge in [-0.25, -0.2) is 0 Å². The molecule has 0 unspecified atom stereocenters. The molecule has 0 rings (SSSR count). The lowest BCUT2D eigenvalue weighted by Gasteiger charge is -2.42. The molecule has 0 aromatic rings. The van der Waals surface area contributed by atoms with Gasteiger partial charge in [0.05, 0.1) is 0 Å². The molecule has 0 radical (unpaired) electrons. The minimum Gasteiger partial charge on any atom is -0.417 e. The van der Waals surface area contributed by atoms with Crippen LogP contribution >= 0.6 is 0 Å². The first-order valence-corrected chi connectivity index (χ1v) is 20.2. The molecule has 0 bridgehead atoms. The zero-order chi connectivity index (χ0) is 18.7. The Bertz CT molecular complexity index is 406. The number of hydrogen-bond acceptors (Lipinski definition) is 4. The Morgan fingerprint density at radius 1 is 0.826 bits per heavy atom. The lowest BCUT2D eigenvalue weighted by atomic mass is 10.3. The molecule has 0 aliphatic heterocycles. The summed E-state index contributed by atoms with van der Waals surface area (Å²) in [5.74, 6) is -0.415. The van der Waals surface area contributed by atoms with Gasteiger partial charge in [0.2, 0.25) is 5.91 Å². The van der Waals surface area contributed by atoms with Gasteiger partial charge in [-0.2, -0.15) is 0 Å². The average Bonchev–Trinajstić information content (AvgIpc) is 2.17. The Morgan fingerprint density at radius 2 is 1.13 bits per heavy atom. The lowest BCUT2D eigenvalue weighted by Crippen LogP contribution is -2.60. The summed E-state index contributed by atoms with van der Waals surface area (Å²) in [6.45, 7) is 21.0. The van der Waals surface area contributed by atoms with Gasteiger partial charge in [-0.15, -0.1) is 0 Å². The third-order valence-corrected chi connectivity index (χ3v) is 14.2. The average molecular weight is 394 g/mol.